The van der Waals surface area contributed by atoms with E-state index in [9.17, 15) is 4.79 Å². The number of amides is 1. The molecule has 0 aliphatic heterocycles. The Kier molecular flexibility index (Phi) is 5.82. The number of halogens is 2. The van der Waals surface area contributed by atoms with E-state index in [1.807, 2.05) is 24.3 Å². The van der Waals surface area contributed by atoms with Gasteiger partial charge < -0.3 is 4.74 Å². The minimum absolute atomic E-state index is 0.192. The second kappa shape index (κ2) is 6.91. The first kappa shape index (κ1) is 16.0. The Bertz CT molecular complexity index is 467. The van der Waals surface area contributed by atoms with E-state index in [2.05, 4.69) is 26.5 Å². The lowest BCUT2D eigenvalue weighted by Gasteiger charge is -2.18. The molecule has 19 heavy (non-hydrogen) atoms. The summed E-state index contributed by atoms with van der Waals surface area (Å²) in [6, 6.07) is 7.49. The number of nitrogens with zero attached hydrogens (tertiary/aromatic N) is 1. The molecule has 0 bridgehead atoms. The summed E-state index contributed by atoms with van der Waals surface area (Å²) in [4.78, 5) is 11.5. The van der Waals surface area contributed by atoms with Gasteiger partial charge in [-0.25, -0.2) is 10.2 Å². The van der Waals surface area contributed by atoms with E-state index in [1.54, 1.807) is 20.8 Å². The van der Waals surface area contributed by atoms with Gasteiger partial charge in [0.25, 0.3) is 0 Å². The third-order valence-electron chi connectivity index (χ3n) is 1.99. The molecule has 0 saturated carbocycles. The fourth-order valence-corrected chi connectivity index (χ4v) is 1.71. The number of hydrogen-bond acceptors (Lipinski definition) is 3. The molecular weight excluding hydrogens is 332 g/mol. The average Bonchev–Trinajstić information content (AvgIpc) is 2.29. The molecule has 1 aromatic rings. The van der Waals surface area contributed by atoms with Gasteiger partial charge in [0.1, 0.15) is 5.60 Å². The number of benzene rings is 1. The topological polar surface area (TPSA) is 50.7 Å². The van der Waals surface area contributed by atoms with Gasteiger partial charge in [-0.3, -0.25) is 0 Å². The summed E-state index contributed by atoms with van der Waals surface area (Å²) in [5, 5.41) is 3.97. The molecule has 0 unspecified atom stereocenters. The standard InChI is InChI=1S/C13H16BrClN2O2/c1-13(2,3)19-12(18)17-16-11(8-15)9-4-6-10(14)7-5-9/h4-7H,8H2,1-3H3,(H,17,18)/b16-11+. The molecule has 0 spiro atoms. The lowest BCUT2D eigenvalue weighted by molar-refractivity contribution is 0.0529. The number of carbonyl (C=O) groups excluding carboxylic acids is 1. The Morgan fingerprint density at radius 1 is 1.37 bits per heavy atom. The van der Waals surface area contributed by atoms with Crippen LogP contribution in [0.4, 0.5) is 4.79 Å². The summed E-state index contributed by atoms with van der Waals surface area (Å²) < 4.78 is 6.04. The first-order valence-corrected chi connectivity index (χ1v) is 7.02. The van der Waals surface area contributed by atoms with Crippen LogP contribution in [0.2, 0.25) is 0 Å². The number of hydrogen-bond donors (Lipinski definition) is 1. The molecule has 0 radical (unpaired) electrons. The molecule has 0 fully saturated rings. The maximum atomic E-state index is 11.5. The Labute approximate surface area is 126 Å². The fraction of sp³-hybridized carbons (Fsp3) is 0.385. The van der Waals surface area contributed by atoms with Crippen LogP contribution in [0.15, 0.2) is 33.8 Å². The normalized spacial score (nSPS) is 12.2. The zero-order chi connectivity index (χ0) is 14.5. The maximum Gasteiger partial charge on any atom is 0.428 e. The molecule has 0 aliphatic rings. The van der Waals surface area contributed by atoms with Crippen LogP contribution in [0.25, 0.3) is 0 Å². The average molecular weight is 348 g/mol. The van der Waals surface area contributed by atoms with Crippen LogP contribution >= 0.6 is 27.5 Å². The molecule has 0 heterocycles. The van der Waals surface area contributed by atoms with Gasteiger partial charge in [0, 0.05) is 4.47 Å². The van der Waals surface area contributed by atoms with Crippen LogP contribution in [0.3, 0.4) is 0 Å². The largest absolute Gasteiger partial charge is 0.443 e. The third-order valence-corrected chi connectivity index (χ3v) is 2.77. The smallest absolute Gasteiger partial charge is 0.428 e. The van der Waals surface area contributed by atoms with Crippen LogP contribution < -0.4 is 5.43 Å². The highest BCUT2D eigenvalue weighted by Crippen LogP contribution is 2.12. The van der Waals surface area contributed by atoms with E-state index in [0.717, 1.165) is 10.0 Å². The number of hydrazone groups is 1. The van der Waals surface area contributed by atoms with E-state index < -0.39 is 11.7 Å². The van der Waals surface area contributed by atoms with Gasteiger partial charge in [-0.1, -0.05) is 28.1 Å². The number of carbonyl (C=O) groups is 1. The summed E-state index contributed by atoms with van der Waals surface area (Å²) in [7, 11) is 0. The highest BCUT2D eigenvalue weighted by atomic mass is 79.9. The quantitative estimate of drug-likeness (QED) is 0.512. The second-order valence-corrected chi connectivity index (χ2v) is 6.00. The maximum absolute atomic E-state index is 11.5. The van der Waals surface area contributed by atoms with Crippen LogP contribution in [0.5, 0.6) is 0 Å². The van der Waals surface area contributed by atoms with E-state index in [0.29, 0.717) is 5.71 Å². The van der Waals surface area contributed by atoms with Gasteiger partial charge in [0.15, 0.2) is 0 Å². The number of alkyl halides is 1. The summed E-state index contributed by atoms with van der Waals surface area (Å²) in [5.41, 5.74) is 3.19. The van der Waals surface area contributed by atoms with Crippen LogP contribution in [0, 0.1) is 0 Å². The summed E-state index contributed by atoms with van der Waals surface area (Å²) in [6.45, 7) is 5.36. The molecule has 1 N–H and O–H groups in total. The van der Waals surface area contributed by atoms with Gasteiger partial charge in [0.2, 0.25) is 0 Å². The van der Waals surface area contributed by atoms with Crippen molar-refractivity contribution in [2.45, 2.75) is 26.4 Å². The van der Waals surface area contributed by atoms with E-state index in [1.165, 1.54) is 0 Å². The van der Waals surface area contributed by atoms with E-state index >= 15 is 0 Å². The molecule has 4 nitrogen and oxygen atoms in total. The van der Waals surface area contributed by atoms with Crippen molar-refractivity contribution >= 4 is 39.3 Å². The van der Waals surface area contributed by atoms with Gasteiger partial charge in [-0.2, -0.15) is 5.10 Å². The monoisotopic (exact) mass is 346 g/mol. The summed E-state index contributed by atoms with van der Waals surface area (Å²) in [6.07, 6.45) is -0.604. The minimum atomic E-state index is -0.604. The van der Waals surface area contributed by atoms with E-state index in [-0.39, 0.29) is 5.88 Å². The Morgan fingerprint density at radius 2 is 1.95 bits per heavy atom. The predicted molar refractivity (Wildman–Crippen MR) is 80.8 cm³/mol. The van der Waals surface area contributed by atoms with Crippen molar-refractivity contribution in [2.24, 2.45) is 5.10 Å². The minimum Gasteiger partial charge on any atom is -0.443 e. The zero-order valence-corrected chi connectivity index (χ0v) is 13.4. The molecule has 6 heteroatoms. The van der Waals surface area contributed by atoms with Crippen molar-refractivity contribution in [2.75, 3.05) is 5.88 Å². The molecule has 104 valence electrons. The van der Waals surface area contributed by atoms with Crippen molar-refractivity contribution in [3.63, 3.8) is 0 Å². The molecule has 1 amide bonds. The lowest BCUT2D eigenvalue weighted by Crippen LogP contribution is -2.30. The molecule has 1 rings (SSSR count). The van der Waals surface area contributed by atoms with Crippen molar-refractivity contribution in [3.8, 4) is 0 Å². The van der Waals surface area contributed by atoms with Crippen LogP contribution in [-0.4, -0.2) is 23.3 Å². The van der Waals surface area contributed by atoms with Crippen molar-refractivity contribution < 1.29 is 9.53 Å². The van der Waals surface area contributed by atoms with Crippen molar-refractivity contribution in [1.82, 2.24) is 5.43 Å². The van der Waals surface area contributed by atoms with Gasteiger partial charge in [-0.15, -0.1) is 11.6 Å². The highest BCUT2D eigenvalue weighted by Gasteiger charge is 2.15. The molecule has 0 atom stereocenters. The Hall–Kier alpha value is -1.07. The van der Waals surface area contributed by atoms with Gasteiger partial charge >= 0.3 is 6.09 Å². The summed E-state index contributed by atoms with van der Waals surface area (Å²) >= 11 is 9.17. The lowest BCUT2D eigenvalue weighted by atomic mass is 10.1. The molecule has 0 saturated heterocycles. The Morgan fingerprint density at radius 3 is 2.42 bits per heavy atom. The second-order valence-electron chi connectivity index (χ2n) is 4.81. The van der Waals surface area contributed by atoms with E-state index in [4.69, 9.17) is 16.3 Å². The molecular formula is C13H16BrClN2O2. The van der Waals surface area contributed by atoms with Crippen LogP contribution in [0.1, 0.15) is 26.3 Å². The molecule has 0 aliphatic carbocycles. The van der Waals surface area contributed by atoms with Gasteiger partial charge in [-0.05, 0) is 38.5 Å². The number of rotatable bonds is 3. The Balaban J connectivity index is 2.72. The van der Waals surface area contributed by atoms with Gasteiger partial charge in [0.05, 0.1) is 11.6 Å². The van der Waals surface area contributed by atoms with Crippen molar-refractivity contribution in [1.29, 1.82) is 0 Å². The first-order chi connectivity index (χ1) is 8.81. The number of ether oxygens (including phenoxy) is 1. The predicted octanol–water partition coefficient (Wildman–Crippen LogP) is 3.92. The summed E-state index contributed by atoms with van der Waals surface area (Å²) in [5.74, 6) is 0.192. The molecule has 1 aromatic carbocycles. The first-order valence-electron chi connectivity index (χ1n) is 5.69. The highest BCUT2D eigenvalue weighted by molar-refractivity contribution is 9.10. The fourth-order valence-electron chi connectivity index (χ4n) is 1.23. The molecule has 0 aromatic heterocycles. The van der Waals surface area contributed by atoms with Crippen molar-refractivity contribution in [3.05, 3.63) is 34.3 Å². The SMILES string of the molecule is CC(C)(C)OC(=O)N/N=C(\CCl)c1ccc(Br)cc1. The third kappa shape index (κ3) is 6.07. The van der Waals surface area contributed by atoms with Crippen LogP contribution in [-0.2, 0) is 4.74 Å². The number of nitrogens with one attached hydrogen (secondary N) is 1. The zero-order valence-electron chi connectivity index (χ0n) is 11.0.